The van der Waals surface area contributed by atoms with Crippen molar-refractivity contribution in [2.75, 3.05) is 32.8 Å². The number of nitrogens with zero attached hydrogens (tertiary/aromatic N) is 3. The summed E-state index contributed by atoms with van der Waals surface area (Å²) in [5, 5.41) is 6.34. The van der Waals surface area contributed by atoms with Gasteiger partial charge in [0.1, 0.15) is 12.2 Å². The van der Waals surface area contributed by atoms with Crippen molar-refractivity contribution in [3.63, 3.8) is 0 Å². The van der Waals surface area contributed by atoms with Crippen molar-refractivity contribution in [1.82, 2.24) is 20.5 Å². The summed E-state index contributed by atoms with van der Waals surface area (Å²) in [6.45, 7) is 3.78. The van der Waals surface area contributed by atoms with E-state index >= 15 is 0 Å². The van der Waals surface area contributed by atoms with Gasteiger partial charge in [-0.3, -0.25) is 0 Å². The summed E-state index contributed by atoms with van der Waals surface area (Å²) < 4.78 is 43.9. The van der Waals surface area contributed by atoms with Crippen LogP contribution in [0, 0.1) is 0 Å². The molecule has 0 aromatic carbocycles. The largest absolute Gasteiger partial charge is 0.475 e. The molecule has 1 aliphatic heterocycles. The first-order valence-corrected chi connectivity index (χ1v) is 9.05. The van der Waals surface area contributed by atoms with E-state index in [1.807, 2.05) is 6.92 Å². The number of urea groups is 1. The van der Waals surface area contributed by atoms with Crippen LogP contribution in [0.2, 0.25) is 0 Å². The average Bonchev–Trinajstić information content (AvgIpc) is 2.65. The van der Waals surface area contributed by atoms with Crippen LogP contribution in [0.15, 0.2) is 23.3 Å². The van der Waals surface area contributed by atoms with Gasteiger partial charge in [0, 0.05) is 31.9 Å². The number of nitrogens with two attached hydrogens (primary N) is 1. The van der Waals surface area contributed by atoms with Gasteiger partial charge in [0.05, 0.1) is 6.54 Å². The number of ether oxygens (including phenoxy) is 1. The van der Waals surface area contributed by atoms with Crippen LogP contribution in [0.1, 0.15) is 25.3 Å². The molecular formula is C17H26F3IN6O2. The lowest BCUT2D eigenvalue weighted by Crippen LogP contribution is -2.50. The van der Waals surface area contributed by atoms with Crippen LogP contribution in [0.25, 0.3) is 0 Å². The van der Waals surface area contributed by atoms with Gasteiger partial charge >= 0.3 is 12.2 Å². The van der Waals surface area contributed by atoms with Crippen LogP contribution in [0.3, 0.4) is 0 Å². The molecule has 4 N–H and O–H groups in total. The van der Waals surface area contributed by atoms with Crippen LogP contribution in [0.5, 0.6) is 5.88 Å². The Morgan fingerprint density at radius 2 is 2.10 bits per heavy atom. The molecule has 1 fully saturated rings. The Labute approximate surface area is 184 Å². The van der Waals surface area contributed by atoms with Gasteiger partial charge in [0.25, 0.3) is 0 Å². The average molecular weight is 530 g/mol. The number of amides is 2. The van der Waals surface area contributed by atoms with Gasteiger partial charge in [-0.1, -0.05) is 0 Å². The van der Waals surface area contributed by atoms with Crippen molar-refractivity contribution >= 4 is 36.0 Å². The Bertz CT molecular complexity index is 681. The zero-order chi connectivity index (χ0) is 20.6. The van der Waals surface area contributed by atoms with E-state index in [4.69, 9.17) is 10.5 Å². The van der Waals surface area contributed by atoms with E-state index in [0.29, 0.717) is 25.6 Å². The number of pyridine rings is 1. The third-order valence-electron chi connectivity index (χ3n) is 4.17. The number of carbonyl (C=O) groups is 1. The third-order valence-corrected chi connectivity index (χ3v) is 4.17. The fraction of sp³-hybridized carbons (Fsp3) is 0.588. The van der Waals surface area contributed by atoms with Gasteiger partial charge < -0.3 is 26.0 Å². The van der Waals surface area contributed by atoms with Crippen LogP contribution in [-0.2, 0) is 6.18 Å². The van der Waals surface area contributed by atoms with E-state index in [1.54, 1.807) is 4.90 Å². The molecule has 0 spiro atoms. The number of nitrogens with one attached hydrogen (secondary N) is 2. The second-order valence-corrected chi connectivity index (χ2v) is 6.21. The molecule has 0 unspecified atom stereocenters. The maximum Gasteiger partial charge on any atom is 0.421 e. The number of aromatic nitrogens is 1. The standard InChI is InChI=1S/C17H25F3N6O2.HI/c1-2-22-16(25-12-5-9-26(10-6-12)15(21)27)24-8-11-28-14-13(17(18,19)20)4-3-7-23-14;/h3-4,7,12H,2,5-6,8-11H2,1H3,(H2,21,27)(H2,22,24,25);1H. The minimum absolute atomic E-state index is 0. The summed E-state index contributed by atoms with van der Waals surface area (Å²) in [5.74, 6) is 0.0858. The topological polar surface area (TPSA) is 105 Å². The SMILES string of the molecule is CCNC(=NCCOc1ncccc1C(F)(F)F)NC1CCN(C(N)=O)CC1.I. The maximum atomic E-state index is 12.9. The molecular weight excluding hydrogens is 504 g/mol. The Morgan fingerprint density at radius 1 is 1.41 bits per heavy atom. The number of hydrogen-bond donors (Lipinski definition) is 3. The van der Waals surface area contributed by atoms with Gasteiger partial charge in [-0.15, -0.1) is 24.0 Å². The highest BCUT2D eigenvalue weighted by Crippen LogP contribution is 2.34. The molecule has 0 radical (unpaired) electrons. The van der Waals surface area contributed by atoms with Crippen molar-refractivity contribution < 1.29 is 22.7 Å². The number of guanidine groups is 1. The number of carbonyl (C=O) groups excluding carboxylic acids is 1. The van der Waals surface area contributed by atoms with Gasteiger partial charge in [-0.25, -0.2) is 14.8 Å². The number of hydrogen-bond acceptors (Lipinski definition) is 4. The monoisotopic (exact) mass is 530 g/mol. The normalized spacial score (nSPS) is 15.4. The van der Waals surface area contributed by atoms with Crippen molar-refractivity contribution in [3.05, 3.63) is 23.9 Å². The van der Waals surface area contributed by atoms with Crippen molar-refractivity contribution in [3.8, 4) is 5.88 Å². The van der Waals surface area contributed by atoms with Gasteiger partial charge in [-0.05, 0) is 31.9 Å². The quantitative estimate of drug-likeness (QED) is 0.227. The number of likely N-dealkylation sites (tertiary alicyclic amines) is 1. The van der Waals surface area contributed by atoms with E-state index < -0.39 is 23.7 Å². The molecule has 1 aromatic rings. The molecule has 12 heteroatoms. The molecule has 0 aliphatic carbocycles. The minimum atomic E-state index is -4.52. The molecule has 29 heavy (non-hydrogen) atoms. The number of rotatable bonds is 6. The smallest absolute Gasteiger partial charge is 0.421 e. The number of piperidine rings is 1. The van der Waals surface area contributed by atoms with Gasteiger partial charge in [0.15, 0.2) is 5.96 Å². The zero-order valence-electron chi connectivity index (χ0n) is 16.0. The first-order chi connectivity index (χ1) is 13.3. The summed E-state index contributed by atoms with van der Waals surface area (Å²) in [4.78, 5) is 20.7. The lowest BCUT2D eigenvalue weighted by Gasteiger charge is -2.32. The molecule has 164 valence electrons. The highest BCUT2D eigenvalue weighted by atomic mass is 127. The third kappa shape index (κ3) is 8.11. The Morgan fingerprint density at radius 3 is 2.69 bits per heavy atom. The Kier molecular flexibility index (Phi) is 10.3. The Hall–Kier alpha value is -1.99. The predicted molar refractivity (Wildman–Crippen MR) is 113 cm³/mol. The van der Waals surface area contributed by atoms with Crippen LogP contribution >= 0.6 is 24.0 Å². The van der Waals surface area contributed by atoms with Crippen molar-refractivity contribution in [2.45, 2.75) is 32.0 Å². The lowest BCUT2D eigenvalue weighted by molar-refractivity contribution is -0.139. The van der Waals surface area contributed by atoms with E-state index in [9.17, 15) is 18.0 Å². The van der Waals surface area contributed by atoms with E-state index in [0.717, 1.165) is 18.9 Å². The lowest BCUT2D eigenvalue weighted by atomic mass is 10.1. The van der Waals surface area contributed by atoms with E-state index in [2.05, 4.69) is 20.6 Å². The maximum absolute atomic E-state index is 12.9. The van der Waals surface area contributed by atoms with Gasteiger partial charge in [-0.2, -0.15) is 13.2 Å². The van der Waals surface area contributed by atoms with E-state index in [1.165, 1.54) is 12.3 Å². The first kappa shape index (κ1) is 25.0. The molecule has 0 saturated carbocycles. The summed E-state index contributed by atoms with van der Waals surface area (Å²) in [7, 11) is 0. The fourth-order valence-electron chi connectivity index (χ4n) is 2.78. The Balaban J connectivity index is 0.00000420. The molecule has 0 atom stereocenters. The second-order valence-electron chi connectivity index (χ2n) is 6.21. The molecule has 2 amide bonds. The van der Waals surface area contributed by atoms with Crippen LogP contribution in [-0.4, -0.2) is 60.7 Å². The minimum Gasteiger partial charge on any atom is -0.475 e. The number of primary amides is 1. The molecule has 2 heterocycles. The molecule has 1 saturated heterocycles. The van der Waals surface area contributed by atoms with Gasteiger partial charge in [0.2, 0.25) is 5.88 Å². The number of alkyl halides is 3. The highest BCUT2D eigenvalue weighted by Gasteiger charge is 2.35. The van der Waals surface area contributed by atoms with Crippen LogP contribution < -0.4 is 21.1 Å². The first-order valence-electron chi connectivity index (χ1n) is 9.05. The molecule has 0 bridgehead atoms. The van der Waals surface area contributed by atoms with E-state index in [-0.39, 0.29) is 43.2 Å². The van der Waals surface area contributed by atoms with Crippen LogP contribution in [0.4, 0.5) is 18.0 Å². The summed E-state index contributed by atoms with van der Waals surface area (Å²) >= 11 is 0. The molecule has 1 aliphatic rings. The fourth-order valence-corrected chi connectivity index (χ4v) is 2.78. The number of halogens is 4. The summed E-state index contributed by atoms with van der Waals surface area (Å²) in [6, 6.07) is 1.84. The molecule has 8 nitrogen and oxygen atoms in total. The number of aliphatic imine (C=N–C) groups is 1. The molecule has 2 rings (SSSR count). The summed E-state index contributed by atoms with van der Waals surface area (Å²) in [5.41, 5.74) is 4.36. The summed E-state index contributed by atoms with van der Waals surface area (Å²) in [6.07, 6.45) is -1.82. The molecule has 1 aromatic heterocycles. The highest BCUT2D eigenvalue weighted by molar-refractivity contribution is 14.0. The zero-order valence-corrected chi connectivity index (χ0v) is 18.4. The predicted octanol–water partition coefficient (Wildman–Crippen LogP) is 2.20. The van der Waals surface area contributed by atoms with Crippen molar-refractivity contribution in [1.29, 1.82) is 0 Å². The second kappa shape index (κ2) is 11.9. The van der Waals surface area contributed by atoms with Crippen molar-refractivity contribution in [2.24, 2.45) is 10.7 Å².